The number of carbonyl (C=O) groups is 1. The second-order valence-corrected chi connectivity index (χ2v) is 5.86. The first-order valence-corrected chi connectivity index (χ1v) is 7.21. The summed E-state index contributed by atoms with van der Waals surface area (Å²) in [7, 11) is 5.46. The predicted molar refractivity (Wildman–Crippen MR) is 79.9 cm³/mol. The maximum absolute atomic E-state index is 14.0. The van der Waals surface area contributed by atoms with Gasteiger partial charge in [0.15, 0.2) is 5.83 Å². The second kappa shape index (κ2) is 6.39. The number of halogens is 1. The topological polar surface area (TPSA) is 41.4 Å². The fourth-order valence-corrected chi connectivity index (χ4v) is 2.74. The van der Waals surface area contributed by atoms with Crippen LogP contribution in [0.5, 0.6) is 0 Å². The van der Waals surface area contributed by atoms with Gasteiger partial charge in [0.1, 0.15) is 11.5 Å². The summed E-state index contributed by atoms with van der Waals surface area (Å²) in [6, 6.07) is 0.217. The van der Waals surface area contributed by atoms with E-state index >= 15 is 0 Å². The Morgan fingerprint density at radius 1 is 1.43 bits per heavy atom. The summed E-state index contributed by atoms with van der Waals surface area (Å²) in [5.41, 5.74) is 0.345. The summed E-state index contributed by atoms with van der Waals surface area (Å²) in [5, 5.41) is 0. The van der Waals surface area contributed by atoms with Gasteiger partial charge in [-0.15, -0.1) is 0 Å². The molecule has 21 heavy (non-hydrogen) atoms. The highest BCUT2D eigenvalue weighted by Crippen LogP contribution is 2.26. The first-order valence-electron chi connectivity index (χ1n) is 7.21. The van der Waals surface area contributed by atoms with Crippen LogP contribution >= 0.6 is 0 Å². The number of Topliss-reactive ketones (excluding diaryl/α,β-unsaturated/α-hetero) is 1. The summed E-state index contributed by atoms with van der Waals surface area (Å²) >= 11 is 0. The molecule has 0 N–H and O–H groups in total. The van der Waals surface area contributed by atoms with Crippen molar-refractivity contribution in [3.8, 4) is 0 Å². The van der Waals surface area contributed by atoms with Crippen molar-refractivity contribution in [2.45, 2.75) is 25.8 Å². The molecule has 116 valence electrons. The van der Waals surface area contributed by atoms with E-state index in [4.69, 9.17) is 0 Å². The predicted octanol–water partition coefficient (Wildman–Crippen LogP) is 2.01. The molecule has 0 aromatic carbocycles. The first-order chi connectivity index (χ1) is 9.90. The number of allylic oxidation sites excluding steroid dienone is 1. The van der Waals surface area contributed by atoms with Crippen LogP contribution < -0.4 is 0 Å². The molecule has 0 unspecified atom stereocenters. The highest BCUT2D eigenvalue weighted by Gasteiger charge is 2.26. The number of imidazole rings is 1. The Balaban J connectivity index is 2.28. The Morgan fingerprint density at radius 2 is 2.05 bits per heavy atom. The molecule has 0 radical (unpaired) electrons. The second-order valence-electron chi connectivity index (χ2n) is 5.86. The Morgan fingerprint density at radius 3 is 2.62 bits per heavy atom. The molecular weight excluding hydrogens is 271 g/mol. The summed E-state index contributed by atoms with van der Waals surface area (Å²) in [6.45, 7) is 3.82. The smallest absolute Gasteiger partial charge is 0.240 e. The summed E-state index contributed by atoms with van der Waals surface area (Å²) in [6.07, 6.45) is 4.59. The molecule has 0 amide bonds. The number of aryl methyl sites for hydroxylation is 1. The standard InChI is InChI=1S/C15H23FN4O/c1-11-17-9-14(15(21)13(16)10-18(2)3)20(11)12-5-7-19(4)8-6-12/h9-10,12H,5-8H2,1-4H3/b13-10-. The van der Waals surface area contributed by atoms with Crippen LogP contribution in [-0.2, 0) is 0 Å². The van der Waals surface area contributed by atoms with Crippen molar-refractivity contribution in [1.29, 1.82) is 0 Å². The SMILES string of the molecule is Cc1ncc(C(=O)/C(F)=C/N(C)C)n1C1CCN(C)CC1. The zero-order valence-corrected chi connectivity index (χ0v) is 13.1. The third-order valence-electron chi connectivity index (χ3n) is 3.86. The van der Waals surface area contributed by atoms with Crippen molar-refractivity contribution in [2.24, 2.45) is 0 Å². The number of hydrogen-bond acceptors (Lipinski definition) is 4. The lowest BCUT2D eigenvalue weighted by molar-refractivity contribution is 0.0987. The van der Waals surface area contributed by atoms with Crippen molar-refractivity contribution in [3.63, 3.8) is 0 Å². The fourth-order valence-electron chi connectivity index (χ4n) is 2.74. The van der Waals surface area contributed by atoms with Gasteiger partial charge in [-0.25, -0.2) is 9.37 Å². The minimum absolute atomic E-state index is 0.217. The molecule has 1 aliphatic rings. The van der Waals surface area contributed by atoms with Crippen LogP contribution in [0.1, 0.15) is 35.2 Å². The van der Waals surface area contributed by atoms with Gasteiger partial charge < -0.3 is 14.4 Å². The van der Waals surface area contributed by atoms with Gasteiger partial charge in [-0.1, -0.05) is 0 Å². The summed E-state index contributed by atoms with van der Waals surface area (Å²) < 4.78 is 15.9. The molecule has 2 rings (SSSR count). The van der Waals surface area contributed by atoms with Gasteiger partial charge in [-0.05, 0) is 39.9 Å². The van der Waals surface area contributed by atoms with Crippen LogP contribution in [0, 0.1) is 6.92 Å². The molecule has 1 saturated heterocycles. The van der Waals surface area contributed by atoms with E-state index in [2.05, 4.69) is 16.9 Å². The third-order valence-corrected chi connectivity index (χ3v) is 3.86. The van der Waals surface area contributed by atoms with E-state index in [1.807, 2.05) is 11.5 Å². The van der Waals surface area contributed by atoms with E-state index in [9.17, 15) is 9.18 Å². The van der Waals surface area contributed by atoms with Crippen LogP contribution in [0.3, 0.4) is 0 Å². The van der Waals surface area contributed by atoms with Crippen LogP contribution in [0.4, 0.5) is 4.39 Å². The maximum Gasteiger partial charge on any atom is 0.240 e. The number of carbonyl (C=O) groups excluding carboxylic acids is 1. The summed E-state index contributed by atoms with van der Waals surface area (Å²) in [4.78, 5) is 20.3. The highest BCUT2D eigenvalue weighted by atomic mass is 19.1. The van der Waals surface area contributed by atoms with Crippen LogP contribution in [0.2, 0.25) is 0 Å². The molecule has 1 fully saturated rings. The number of rotatable bonds is 4. The molecule has 6 heteroatoms. The molecule has 0 saturated carbocycles. The van der Waals surface area contributed by atoms with E-state index in [0.717, 1.165) is 31.8 Å². The van der Waals surface area contributed by atoms with Crippen LogP contribution in [0.25, 0.3) is 0 Å². The normalized spacial score (nSPS) is 18.0. The molecule has 0 atom stereocenters. The molecule has 5 nitrogen and oxygen atoms in total. The van der Waals surface area contributed by atoms with Crippen molar-refractivity contribution < 1.29 is 9.18 Å². The van der Waals surface area contributed by atoms with Crippen molar-refractivity contribution in [1.82, 2.24) is 19.4 Å². The Hall–Kier alpha value is -1.69. The third kappa shape index (κ3) is 3.50. The molecule has 1 aliphatic heterocycles. The van der Waals surface area contributed by atoms with Gasteiger partial charge in [0.2, 0.25) is 5.78 Å². The monoisotopic (exact) mass is 294 g/mol. The van der Waals surface area contributed by atoms with Gasteiger partial charge in [-0.3, -0.25) is 4.79 Å². The van der Waals surface area contributed by atoms with Gasteiger partial charge in [0, 0.05) is 26.3 Å². The number of likely N-dealkylation sites (tertiary alicyclic amines) is 1. The zero-order valence-electron chi connectivity index (χ0n) is 13.1. The largest absolute Gasteiger partial charge is 0.381 e. The van der Waals surface area contributed by atoms with Gasteiger partial charge >= 0.3 is 0 Å². The number of piperidine rings is 1. The van der Waals surface area contributed by atoms with Gasteiger partial charge in [-0.2, -0.15) is 0 Å². The van der Waals surface area contributed by atoms with Crippen molar-refractivity contribution in [3.05, 3.63) is 29.7 Å². The molecule has 2 heterocycles. The quantitative estimate of drug-likeness (QED) is 0.629. The minimum Gasteiger partial charge on any atom is -0.381 e. The fraction of sp³-hybridized carbons (Fsp3) is 0.600. The Labute approximate surface area is 125 Å². The van der Waals surface area contributed by atoms with E-state index in [1.165, 1.54) is 17.3 Å². The average Bonchev–Trinajstić information content (AvgIpc) is 2.80. The van der Waals surface area contributed by atoms with E-state index in [0.29, 0.717) is 5.69 Å². The number of nitrogens with zero attached hydrogens (tertiary/aromatic N) is 4. The average molecular weight is 294 g/mol. The molecule has 1 aromatic rings. The molecule has 1 aromatic heterocycles. The van der Waals surface area contributed by atoms with Crippen LogP contribution in [0.15, 0.2) is 18.2 Å². The molecule has 0 aliphatic carbocycles. The van der Waals surface area contributed by atoms with Gasteiger partial charge in [0.25, 0.3) is 0 Å². The van der Waals surface area contributed by atoms with E-state index < -0.39 is 11.6 Å². The molecular formula is C15H23FN4O. The number of hydrogen-bond donors (Lipinski definition) is 0. The van der Waals surface area contributed by atoms with E-state index in [-0.39, 0.29) is 6.04 Å². The van der Waals surface area contributed by atoms with E-state index in [1.54, 1.807) is 14.1 Å². The molecule has 0 spiro atoms. The molecule has 0 bridgehead atoms. The Bertz CT molecular complexity index is 542. The van der Waals surface area contributed by atoms with Gasteiger partial charge in [0.05, 0.1) is 6.20 Å². The Kier molecular flexibility index (Phi) is 4.77. The van der Waals surface area contributed by atoms with Crippen molar-refractivity contribution in [2.75, 3.05) is 34.2 Å². The minimum atomic E-state index is -0.755. The maximum atomic E-state index is 14.0. The summed E-state index contributed by atoms with van der Waals surface area (Å²) in [5.74, 6) is -0.581. The first kappa shape index (κ1) is 15.7. The number of aromatic nitrogens is 2. The lowest BCUT2D eigenvalue weighted by Gasteiger charge is -2.31. The van der Waals surface area contributed by atoms with Crippen molar-refractivity contribution >= 4 is 5.78 Å². The lowest BCUT2D eigenvalue weighted by Crippen LogP contribution is -2.32. The zero-order chi connectivity index (χ0) is 15.6. The lowest BCUT2D eigenvalue weighted by atomic mass is 10.0. The van der Waals surface area contributed by atoms with Crippen LogP contribution in [-0.4, -0.2) is 59.4 Å². The number of ketones is 1. The highest BCUT2D eigenvalue weighted by molar-refractivity contribution is 6.05.